The number of benzene rings is 1. The van der Waals surface area contributed by atoms with Crippen LogP contribution in [0.2, 0.25) is 0 Å². The van der Waals surface area contributed by atoms with Crippen LogP contribution in [0.5, 0.6) is 0 Å². The maximum Gasteiger partial charge on any atom is 0.407 e. The van der Waals surface area contributed by atoms with E-state index in [1.165, 1.54) is 4.90 Å². The molecule has 4 heteroatoms. The van der Waals surface area contributed by atoms with Gasteiger partial charge in [0.05, 0.1) is 11.6 Å². The molecule has 1 amide bonds. The lowest BCUT2D eigenvalue weighted by Gasteiger charge is -2.33. The summed E-state index contributed by atoms with van der Waals surface area (Å²) in [6.45, 7) is 6.07. The molecule has 1 aromatic rings. The number of rotatable bonds is 3. The van der Waals surface area contributed by atoms with Gasteiger partial charge >= 0.3 is 6.09 Å². The number of nitrogens with zero attached hydrogens (tertiary/aromatic N) is 2. The van der Waals surface area contributed by atoms with Crippen molar-refractivity contribution in [2.75, 3.05) is 6.54 Å². The predicted molar refractivity (Wildman–Crippen MR) is 69.3 cm³/mol. The van der Waals surface area contributed by atoms with Crippen LogP contribution < -0.4 is 0 Å². The van der Waals surface area contributed by atoms with Crippen LogP contribution in [-0.2, 0) is 6.42 Å². The number of carboxylic acid groups (broad SMARTS) is 1. The Hall–Kier alpha value is -2.02. The highest BCUT2D eigenvalue weighted by Crippen LogP contribution is 2.14. The molecule has 0 fully saturated rings. The van der Waals surface area contributed by atoms with Crippen LogP contribution in [0.4, 0.5) is 4.79 Å². The van der Waals surface area contributed by atoms with Gasteiger partial charge in [0, 0.05) is 12.1 Å². The van der Waals surface area contributed by atoms with Crippen molar-refractivity contribution in [1.29, 1.82) is 5.26 Å². The smallest absolute Gasteiger partial charge is 0.407 e. The molecule has 4 nitrogen and oxygen atoms in total. The van der Waals surface area contributed by atoms with Gasteiger partial charge in [0.25, 0.3) is 0 Å². The third-order valence-electron chi connectivity index (χ3n) is 2.75. The summed E-state index contributed by atoms with van der Waals surface area (Å²) in [5.41, 5.74) is 1.24. The lowest BCUT2D eigenvalue weighted by molar-refractivity contribution is 0.101. The first-order valence-electron chi connectivity index (χ1n) is 5.84. The van der Waals surface area contributed by atoms with Gasteiger partial charge in [-0.25, -0.2) is 4.79 Å². The summed E-state index contributed by atoms with van der Waals surface area (Å²) in [5, 5.41) is 17.8. The molecule has 0 radical (unpaired) electrons. The van der Waals surface area contributed by atoms with Gasteiger partial charge in [0.2, 0.25) is 0 Å². The Balaban J connectivity index is 2.68. The quantitative estimate of drug-likeness (QED) is 0.891. The second kappa shape index (κ2) is 5.54. The second-order valence-corrected chi connectivity index (χ2v) is 5.16. The summed E-state index contributed by atoms with van der Waals surface area (Å²) >= 11 is 0. The minimum absolute atomic E-state index is 0.404. The summed E-state index contributed by atoms with van der Waals surface area (Å²) in [7, 11) is 0. The van der Waals surface area contributed by atoms with E-state index in [1.807, 2.05) is 32.9 Å². The number of amides is 1. The zero-order valence-electron chi connectivity index (χ0n) is 11.0. The summed E-state index contributed by atoms with van der Waals surface area (Å²) in [4.78, 5) is 12.6. The third-order valence-corrected chi connectivity index (χ3v) is 2.75. The molecule has 0 aromatic heterocycles. The molecule has 1 N–H and O–H groups in total. The standard InChI is InChI=1S/C14H18N2O2/c1-14(2,3)16(13(17)18)9-8-11-4-6-12(10-15)7-5-11/h4-7H,8-9H2,1-3H3,(H,17,18). The highest BCUT2D eigenvalue weighted by Gasteiger charge is 2.25. The Kier molecular flexibility index (Phi) is 4.33. The molecular formula is C14H18N2O2. The van der Waals surface area contributed by atoms with E-state index in [0.717, 1.165) is 5.56 Å². The van der Waals surface area contributed by atoms with E-state index in [2.05, 4.69) is 6.07 Å². The van der Waals surface area contributed by atoms with E-state index in [-0.39, 0.29) is 0 Å². The third kappa shape index (κ3) is 3.77. The van der Waals surface area contributed by atoms with Crippen LogP contribution in [0, 0.1) is 11.3 Å². The minimum atomic E-state index is -0.906. The zero-order valence-corrected chi connectivity index (χ0v) is 11.0. The summed E-state index contributed by atoms with van der Waals surface area (Å²) < 4.78 is 0. The Morgan fingerprint density at radius 1 is 1.33 bits per heavy atom. The average Bonchev–Trinajstić information content (AvgIpc) is 2.28. The lowest BCUT2D eigenvalue weighted by atomic mass is 10.0. The van der Waals surface area contributed by atoms with Gasteiger partial charge in [-0.05, 0) is 44.9 Å². The van der Waals surface area contributed by atoms with Gasteiger partial charge in [-0.2, -0.15) is 5.26 Å². The van der Waals surface area contributed by atoms with E-state index >= 15 is 0 Å². The Labute approximate surface area is 107 Å². The van der Waals surface area contributed by atoms with Crippen molar-refractivity contribution >= 4 is 6.09 Å². The van der Waals surface area contributed by atoms with Crippen molar-refractivity contribution in [3.8, 4) is 6.07 Å². The fourth-order valence-corrected chi connectivity index (χ4v) is 1.70. The molecule has 1 rings (SSSR count). The maximum absolute atomic E-state index is 11.2. The molecule has 0 aliphatic heterocycles. The van der Waals surface area contributed by atoms with Gasteiger partial charge in [-0.15, -0.1) is 0 Å². The molecule has 0 aliphatic carbocycles. The van der Waals surface area contributed by atoms with Crippen LogP contribution in [0.3, 0.4) is 0 Å². The van der Waals surface area contributed by atoms with Crippen molar-refractivity contribution < 1.29 is 9.90 Å². The first kappa shape index (κ1) is 14.0. The van der Waals surface area contributed by atoms with Crippen LogP contribution in [0.1, 0.15) is 31.9 Å². The number of nitriles is 1. The van der Waals surface area contributed by atoms with Crippen LogP contribution in [-0.4, -0.2) is 28.2 Å². The number of hydrogen-bond acceptors (Lipinski definition) is 2. The summed E-state index contributed by atoms with van der Waals surface area (Å²) in [5.74, 6) is 0. The SMILES string of the molecule is CC(C)(C)N(CCc1ccc(C#N)cc1)C(=O)O. The molecule has 18 heavy (non-hydrogen) atoms. The normalized spacial score (nSPS) is 10.8. The van der Waals surface area contributed by atoms with E-state index < -0.39 is 11.6 Å². The highest BCUT2D eigenvalue weighted by atomic mass is 16.4. The van der Waals surface area contributed by atoms with Gasteiger partial charge < -0.3 is 10.0 Å². The van der Waals surface area contributed by atoms with Gasteiger partial charge in [-0.1, -0.05) is 12.1 Å². The van der Waals surface area contributed by atoms with E-state index in [9.17, 15) is 4.79 Å². The van der Waals surface area contributed by atoms with Crippen molar-refractivity contribution in [1.82, 2.24) is 4.90 Å². The predicted octanol–water partition coefficient (Wildman–Crippen LogP) is 2.88. The van der Waals surface area contributed by atoms with Crippen LogP contribution in [0.15, 0.2) is 24.3 Å². The fraction of sp³-hybridized carbons (Fsp3) is 0.429. The van der Waals surface area contributed by atoms with Crippen molar-refractivity contribution in [2.45, 2.75) is 32.7 Å². The molecule has 0 aliphatic rings. The van der Waals surface area contributed by atoms with Crippen LogP contribution >= 0.6 is 0 Å². The van der Waals surface area contributed by atoms with Gasteiger partial charge in [0.1, 0.15) is 0 Å². The molecule has 1 aromatic carbocycles. The van der Waals surface area contributed by atoms with Crippen molar-refractivity contribution in [2.24, 2.45) is 0 Å². The lowest BCUT2D eigenvalue weighted by Crippen LogP contribution is -2.45. The van der Waals surface area contributed by atoms with Crippen LogP contribution in [0.25, 0.3) is 0 Å². The molecule has 0 bridgehead atoms. The van der Waals surface area contributed by atoms with Gasteiger partial charge in [-0.3, -0.25) is 0 Å². The topological polar surface area (TPSA) is 64.3 Å². The monoisotopic (exact) mass is 246 g/mol. The fourth-order valence-electron chi connectivity index (χ4n) is 1.70. The van der Waals surface area contributed by atoms with Crippen molar-refractivity contribution in [3.63, 3.8) is 0 Å². The Morgan fingerprint density at radius 2 is 1.89 bits per heavy atom. The minimum Gasteiger partial charge on any atom is -0.465 e. The first-order chi connectivity index (χ1) is 8.34. The highest BCUT2D eigenvalue weighted by molar-refractivity contribution is 5.66. The van der Waals surface area contributed by atoms with E-state index in [1.54, 1.807) is 12.1 Å². The molecular weight excluding hydrogens is 228 g/mol. The van der Waals surface area contributed by atoms with E-state index in [0.29, 0.717) is 18.5 Å². The molecule has 0 spiro atoms. The first-order valence-corrected chi connectivity index (χ1v) is 5.84. The molecule has 0 saturated carbocycles. The maximum atomic E-state index is 11.2. The zero-order chi connectivity index (χ0) is 13.8. The number of hydrogen-bond donors (Lipinski definition) is 1. The Morgan fingerprint density at radius 3 is 2.28 bits per heavy atom. The molecule has 0 saturated heterocycles. The molecule has 0 atom stereocenters. The van der Waals surface area contributed by atoms with Crippen molar-refractivity contribution in [3.05, 3.63) is 35.4 Å². The average molecular weight is 246 g/mol. The Bertz CT molecular complexity index is 452. The molecule has 96 valence electrons. The largest absolute Gasteiger partial charge is 0.465 e. The van der Waals surface area contributed by atoms with E-state index in [4.69, 9.17) is 10.4 Å². The molecule has 0 unspecified atom stereocenters. The summed E-state index contributed by atoms with van der Waals surface area (Å²) in [6, 6.07) is 9.28. The van der Waals surface area contributed by atoms with Gasteiger partial charge in [0.15, 0.2) is 0 Å². The summed E-state index contributed by atoms with van der Waals surface area (Å²) in [6.07, 6.45) is -0.258. The number of carbonyl (C=O) groups is 1. The second-order valence-electron chi connectivity index (χ2n) is 5.16. The molecule has 0 heterocycles.